The minimum atomic E-state index is -1.22. The van der Waals surface area contributed by atoms with E-state index in [0.717, 1.165) is 0 Å². The second-order valence-corrected chi connectivity index (χ2v) is 5.17. The molecular weight excluding hydrogens is 342 g/mol. The van der Waals surface area contributed by atoms with E-state index in [4.69, 9.17) is 15.9 Å². The van der Waals surface area contributed by atoms with Crippen LogP contribution in [0.3, 0.4) is 0 Å². The van der Waals surface area contributed by atoms with Gasteiger partial charge in [0.1, 0.15) is 24.4 Å². The van der Waals surface area contributed by atoms with E-state index in [0.29, 0.717) is 0 Å². The molecule has 11 heteroatoms. The molecule has 0 aromatic heterocycles. The van der Waals surface area contributed by atoms with Crippen molar-refractivity contribution in [3.8, 4) is 0 Å². The number of thiol groups is 1. The zero-order valence-corrected chi connectivity index (χ0v) is 14.3. The molecule has 0 fully saturated rings. The van der Waals surface area contributed by atoms with Crippen molar-refractivity contribution in [3.05, 3.63) is 0 Å². The SMILES string of the molecule is CC(C)=O.N[C@@H](CCC(=O)N[C@@H](CS)C(=O)NCC(=O)O)C(=O)O. The number of nitrogens with two attached hydrogens (primary N) is 1. The number of aliphatic carboxylic acids is 2. The number of carbonyl (C=O) groups is 5. The molecule has 0 aromatic carbocycles. The fraction of sp³-hybridized carbons (Fsp3) is 0.615. The molecule has 0 saturated heterocycles. The molecule has 2 amide bonds. The van der Waals surface area contributed by atoms with Crippen molar-refractivity contribution in [1.29, 1.82) is 0 Å². The summed E-state index contributed by atoms with van der Waals surface area (Å²) < 4.78 is 0. The number of carboxylic acids is 2. The Labute approximate surface area is 144 Å². The van der Waals surface area contributed by atoms with Crippen LogP contribution in [0.2, 0.25) is 0 Å². The highest BCUT2D eigenvalue weighted by atomic mass is 32.1. The third-order valence-corrected chi connectivity index (χ3v) is 2.61. The summed E-state index contributed by atoms with van der Waals surface area (Å²) >= 11 is 3.87. The highest BCUT2D eigenvalue weighted by molar-refractivity contribution is 7.80. The quantitative estimate of drug-likeness (QED) is 0.264. The van der Waals surface area contributed by atoms with Crippen LogP contribution in [0.1, 0.15) is 26.7 Å². The molecular formula is C13H23N3O7S. The van der Waals surface area contributed by atoms with E-state index in [9.17, 15) is 24.0 Å². The van der Waals surface area contributed by atoms with Crippen LogP contribution in [0.25, 0.3) is 0 Å². The maximum absolute atomic E-state index is 11.5. The zero-order chi connectivity index (χ0) is 19.3. The lowest BCUT2D eigenvalue weighted by molar-refractivity contribution is -0.139. The van der Waals surface area contributed by atoms with E-state index >= 15 is 0 Å². The average molecular weight is 365 g/mol. The van der Waals surface area contributed by atoms with Crippen molar-refractivity contribution in [1.82, 2.24) is 10.6 Å². The van der Waals surface area contributed by atoms with Crippen LogP contribution >= 0.6 is 12.6 Å². The highest BCUT2D eigenvalue weighted by Gasteiger charge is 2.20. The molecule has 0 aromatic rings. The topological polar surface area (TPSA) is 176 Å². The van der Waals surface area contributed by atoms with Gasteiger partial charge in [-0.15, -0.1) is 0 Å². The summed E-state index contributed by atoms with van der Waals surface area (Å²) in [6.45, 7) is 2.49. The van der Waals surface area contributed by atoms with Gasteiger partial charge in [0.15, 0.2) is 0 Å². The molecule has 0 heterocycles. The lowest BCUT2D eigenvalue weighted by atomic mass is 10.1. The number of hydrogen-bond donors (Lipinski definition) is 6. The smallest absolute Gasteiger partial charge is 0.322 e. The molecule has 24 heavy (non-hydrogen) atoms. The lowest BCUT2D eigenvalue weighted by Crippen LogP contribution is -2.49. The summed E-state index contributed by atoms with van der Waals surface area (Å²) in [4.78, 5) is 53.2. The Morgan fingerprint density at radius 1 is 1.12 bits per heavy atom. The molecule has 0 radical (unpaired) electrons. The summed E-state index contributed by atoms with van der Waals surface area (Å²) in [5.74, 6) is -3.54. The van der Waals surface area contributed by atoms with Gasteiger partial charge in [-0.2, -0.15) is 12.6 Å². The van der Waals surface area contributed by atoms with E-state index in [1.54, 1.807) is 0 Å². The maximum atomic E-state index is 11.5. The Hall–Kier alpha value is -2.14. The molecule has 0 spiro atoms. The maximum Gasteiger partial charge on any atom is 0.322 e. The molecule has 0 bridgehead atoms. The van der Waals surface area contributed by atoms with Gasteiger partial charge in [0.25, 0.3) is 0 Å². The van der Waals surface area contributed by atoms with Crippen LogP contribution in [0, 0.1) is 0 Å². The van der Waals surface area contributed by atoms with E-state index in [2.05, 4.69) is 23.3 Å². The monoisotopic (exact) mass is 365 g/mol. The first-order valence-corrected chi connectivity index (χ1v) is 7.49. The van der Waals surface area contributed by atoms with Gasteiger partial charge in [0.05, 0.1) is 0 Å². The Morgan fingerprint density at radius 3 is 2.00 bits per heavy atom. The predicted octanol–water partition coefficient (Wildman–Crippen LogP) is -1.61. The molecule has 10 nitrogen and oxygen atoms in total. The minimum absolute atomic E-state index is 0.0256. The number of Topliss-reactive ketones (excluding diaryl/α,β-unsaturated/α-hetero) is 1. The van der Waals surface area contributed by atoms with Crippen molar-refractivity contribution >= 4 is 42.2 Å². The Balaban J connectivity index is 0. The normalized spacial score (nSPS) is 12.0. The van der Waals surface area contributed by atoms with E-state index in [-0.39, 0.29) is 24.4 Å². The van der Waals surface area contributed by atoms with Crippen molar-refractivity contribution in [3.63, 3.8) is 0 Å². The van der Waals surface area contributed by atoms with Crippen molar-refractivity contribution in [2.75, 3.05) is 12.3 Å². The zero-order valence-electron chi connectivity index (χ0n) is 13.4. The molecule has 6 N–H and O–H groups in total. The Kier molecular flexibility index (Phi) is 13.4. The summed E-state index contributed by atoms with van der Waals surface area (Å²) in [5, 5.41) is 21.4. The lowest BCUT2D eigenvalue weighted by Gasteiger charge is -2.16. The number of carbonyl (C=O) groups excluding carboxylic acids is 3. The van der Waals surface area contributed by atoms with Crippen LogP contribution in [0.5, 0.6) is 0 Å². The second-order valence-electron chi connectivity index (χ2n) is 4.81. The third kappa shape index (κ3) is 14.8. The first kappa shape index (κ1) is 24.1. The van der Waals surface area contributed by atoms with Crippen molar-refractivity contribution in [2.24, 2.45) is 5.73 Å². The molecule has 0 aliphatic rings. The number of carboxylic acid groups (broad SMARTS) is 2. The van der Waals surface area contributed by atoms with Crippen LogP contribution in [-0.4, -0.2) is 64.1 Å². The van der Waals surface area contributed by atoms with Crippen molar-refractivity contribution < 1.29 is 34.2 Å². The number of nitrogens with one attached hydrogen (secondary N) is 2. The van der Waals surface area contributed by atoms with Gasteiger partial charge in [-0.25, -0.2) is 0 Å². The van der Waals surface area contributed by atoms with Gasteiger partial charge in [-0.1, -0.05) is 0 Å². The molecule has 2 atom stereocenters. The predicted molar refractivity (Wildman–Crippen MR) is 87.6 cm³/mol. The Morgan fingerprint density at radius 2 is 1.62 bits per heavy atom. The first-order chi connectivity index (χ1) is 11.0. The van der Waals surface area contributed by atoms with Crippen LogP contribution < -0.4 is 16.4 Å². The first-order valence-electron chi connectivity index (χ1n) is 6.86. The van der Waals surface area contributed by atoms with Gasteiger partial charge < -0.3 is 31.4 Å². The van der Waals surface area contributed by atoms with Gasteiger partial charge in [-0.05, 0) is 20.3 Å². The van der Waals surface area contributed by atoms with Gasteiger partial charge in [0.2, 0.25) is 11.8 Å². The molecule has 0 saturated carbocycles. The molecule has 0 aliphatic carbocycles. The van der Waals surface area contributed by atoms with Gasteiger partial charge in [0, 0.05) is 12.2 Å². The summed E-state index contributed by atoms with van der Waals surface area (Å²) in [6, 6.07) is -2.15. The standard InChI is InChI=1S/C10H17N3O6S.C3H6O/c11-5(10(18)19)1-2-7(14)13-6(4-20)9(17)12-3-8(15)16;1-3(2)4/h5-6,20H,1-4,11H2,(H,12,17)(H,13,14)(H,15,16)(H,18,19);1-2H3/t5-,6-;/m0./s1. The van der Waals surface area contributed by atoms with E-state index in [1.807, 2.05) is 0 Å². The second kappa shape index (κ2) is 13.3. The van der Waals surface area contributed by atoms with Crippen LogP contribution in [0.15, 0.2) is 0 Å². The summed E-state index contributed by atoms with van der Waals surface area (Å²) in [6.07, 6.45) is -0.235. The largest absolute Gasteiger partial charge is 0.480 e. The molecule has 138 valence electrons. The summed E-state index contributed by atoms with van der Waals surface area (Å²) in [7, 11) is 0. The average Bonchev–Trinajstić information content (AvgIpc) is 2.46. The van der Waals surface area contributed by atoms with Gasteiger partial charge in [-0.3, -0.25) is 19.2 Å². The number of hydrogen-bond acceptors (Lipinski definition) is 7. The number of rotatable bonds is 9. The molecule has 0 rings (SSSR count). The van der Waals surface area contributed by atoms with Gasteiger partial charge >= 0.3 is 11.9 Å². The fourth-order valence-electron chi connectivity index (χ4n) is 1.16. The van der Waals surface area contributed by atoms with Crippen molar-refractivity contribution in [2.45, 2.75) is 38.8 Å². The van der Waals surface area contributed by atoms with E-state index in [1.165, 1.54) is 13.8 Å². The van der Waals surface area contributed by atoms with E-state index < -0.39 is 42.4 Å². The minimum Gasteiger partial charge on any atom is -0.480 e. The number of amides is 2. The molecule has 0 aliphatic heterocycles. The fourth-order valence-corrected chi connectivity index (χ4v) is 1.41. The summed E-state index contributed by atoms with van der Waals surface area (Å²) in [5.41, 5.74) is 5.23. The highest BCUT2D eigenvalue weighted by Crippen LogP contribution is 1.97. The number of ketones is 1. The van der Waals surface area contributed by atoms with Crippen LogP contribution in [0.4, 0.5) is 0 Å². The third-order valence-electron chi connectivity index (χ3n) is 2.25. The molecule has 0 unspecified atom stereocenters. The van der Waals surface area contributed by atoms with Crippen LogP contribution in [-0.2, 0) is 24.0 Å². The Bertz CT molecular complexity index is 466.